The average molecular weight is 449 g/mol. The van der Waals surface area contributed by atoms with Crippen LogP contribution in [0.15, 0.2) is 48.4 Å². The Hall–Kier alpha value is -3.19. The molecule has 0 saturated carbocycles. The molecule has 1 aromatic carbocycles. The van der Waals surface area contributed by atoms with Crippen LogP contribution in [0.25, 0.3) is 11.1 Å². The van der Waals surface area contributed by atoms with Gasteiger partial charge in [0.2, 0.25) is 0 Å². The lowest BCUT2D eigenvalue weighted by molar-refractivity contribution is -0.111. The standard InChI is InChI=1S/C26H29FN4O2/c1-26(2)20(15-22(33-26)24-19-8-7-18(27)14-21(19)30-25(24)32)17-6-9-23(29-16-17)28-10-13-31-11-4-3-5-12-31/h6-9,14-16H,3-5,10-13H2,1-2H3,(H,28,29)(H,30,32)/b24-22+. The number of allylic oxidation sites excluding steroid dienone is 1. The molecule has 2 aromatic rings. The minimum atomic E-state index is -0.629. The van der Waals surface area contributed by atoms with Crippen LogP contribution in [-0.2, 0) is 9.53 Å². The number of rotatable bonds is 5. The number of nitrogens with one attached hydrogen (secondary N) is 2. The number of carbonyl (C=O) groups is 1. The summed E-state index contributed by atoms with van der Waals surface area (Å²) < 4.78 is 19.8. The number of anilines is 2. The zero-order valence-electron chi connectivity index (χ0n) is 19.1. The maximum absolute atomic E-state index is 13.6. The third-order valence-electron chi connectivity index (χ3n) is 6.52. The number of carbonyl (C=O) groups excluding carboxylic acids is 1. The second-order valence-corrected chi connectivity index (χ2v) is 9.31. The second kappa shape index (κ2) is 8.63. The smallest absolute Gasteiger partial charge is 0.260 e. The fraction of sp³-hybridized carbons (Fsp3) is 0.385. The topological polar surface area (TPSA) is 66.5 Å². The zero-order chi connectivity index (χ0) is 23.0. The lowest BCUT2D eigenvalue weighted by Crippen LogP contribution is -2.33. The van der Waals surface area contributed by atoms with Gasteiger partial charge in [-0.2, -0.15) is 0 Å². The Morgan fingerprint density at radius 1 is 1.18 bits per heavy atom. The van der Waals surface area contributed by atoms with Crippen LogP contribution < -0.4 is 10.6 Å². The molecule has 0 bridgehead atoms. The molecule has 6 nitrogen and oxygen atoms in total. The highest BCUT2D eigenvalue weighted by Crippen LogP contribution is 2.44. The molecule has 172 valence electrons. The Balaban J connectivity index is 1.34. The number of fused-ring (bicyclic) bond motifs is 1. The maximum Gasteiger partial charge on any atom is 0.260 e. The van der Waals surface area contributed by atoms with Crippen molar-refractivity contribution in [2.45, 2.75) is 38.7 Å². The molecular weight excluding hydrogens is 419 g/mol. The Kier molecular flexibility index (Phi) is 5.66. The minimum Gasteiger partial charge on any atom is -0.482 e. The molecule has 1 aromatic heterocycles. The average Bonchev–Trinajstić information content (AvgIpc) is 3.29. The van der Waals surface area contributed by atoms with Crippen molar-refractivity contribution < 1.29 is 13.9 Å². The Morgan fingerprint density at radius 3 is 2.76 bits per heavy atom. The first-order chi connectivity index (χ1) is 15.9. The maximum atomic E-state index is 13.6. The quantitative estimate of drug-likeness (QED) is 0.651. The van der Waals surface area contributed by atoms with Gasteiger partial charge < -0.3 is 20.3 Å². The van der Waals surface area contributed by atoms with Gasteiger partial charge in [0.05, 0.1) is 11.3 Å². The Morgan fingerprint density at radius 2 is 2.00 bits per heavy atom. The Bertz CT molecular complexity index is 1130. The van der Waals surface area contributed by atoms with Crippen molar-refractivity contribution in [2.24, 2.45) is 0 Å². The summed E-state index contributed by atoms with van der Waals surface area (Å²) in [6, 6.07) is 8.30. The summed E-state index contributed by atoms with van der Waals surface area (Å²) in [6.07, 6.45) is 7.67. The van der Waals surface area contributed by atoms with E-state index in [-0.39, 0.29) is 11.7 Å². The van der Waals surface area contributed by atoms with Gasteiger partial charge in [-0.25, -0.2) is 9.37 Å². The van der Waals surface area contributed by atoms with Crippen LogP contribution in [0.3, 0.4) is 0 Å². The van der Waals surface area contributed by atoms with Gasteiger partial charge >= 0.3 is 0 Å². The van der Waals surface area contributed by atoms with Gasteiger partial charge in [0.15, 0.2) is 0 Å². The number of nitrogens with zero attached hydrogens (tertiary/aromatic N) is 2. The van der Waals surface area contributed by atoms with Crippen LogP contribution in [0, 0.1) is 5.82 Å². The normalized spacial score (nSPS) is 21.9. The fourth-order valence-electron chi connectivity index (χ4n) is 4.79. The van der Waals surface area contributed by atoms with Gasteiger partial charge in [-0.1, -0.05) is 6.42 Å². The third-order valence-corrected chi connectivity index (χ3v) is 6.52. The van der Waals surface area contributed by atoms with Gasteiger partial charge in [-0.05, 0) is 76.2 Å². The molecule has 1 saturated heterocycles. The van der Waals surface area contributed by atoms with Crippen LogP contribution in [0.5, 0.6) is 0 Å². The summed E-state index contributed by atoms with van der Waals surface area (Å²) >= 11 is 0. The number of likely N-dealkylation sites (tertiary alicyclic amines) is 1. The monoisotopic (exact) mass is 448 g/mol. The van der Waals surface area contributed by atoms with E-state index in [0.29, 0.717) is 22.6 Å². The summed E-state index contributed by atoms with van der Waals surface area (Å²) in [5, 5.41) is 6.14. The van der Waals surface area contributed by atoms with Gasteiger partial charge in [-0.3, -0.25) is 4.79 Å². The summed E-state index contributed by atoms with van der Waals surface area (Å²) in [4.78, 5) is 19.7. The van der Waals surface area contributed by atoms with E-state index >= 15 is 0 Å². The molecule has 1 fully saturated rings. The van der Waals surface area contributed by atoms with E-state index in [0.717, 1.165) is 30.0 Å². The van der Waals surface area contributed by atoms with Crippen LogP contribution >= 0.6 is 0 Å². The SMILES string of the molecule is CC1(C)O/C(=C2/C(=O)Nc3cc(F)ccc32)C=C1c1ccc(NCCN2CCCCC2)nc1. The van der Waals surface area contributed by atoms with Gasteiger partial charge in [0.1, 0.15) is 23.0 Å². The molecule has 33 heavy (non-hydrogen) atoms. The number of piperidine rings is 1. The molecule has 0 unspecified atom stereocenters. The predicted molar refractivity (Wildman–Crippen MR) is 128 cm³/mol. The molecule has 0 spiro atoms. The van der Waals surface area contributed by atoms with E-state index in [2.05, 4.69) is 20.5 Å². The van der Waals surface area contributed by atoms with E-state index < -0.39 is 5.60 Å². The van der Waals surface area contributed by atoms with Crippen molar-refractivity contribution in [2.75, 3.05) is 36.8 Å². The molecular formula is C26H29FN4O2. The zero-order valence-corrected chi connectivity index (χ0v) is 19.1. The highest BCUT2D eigenvalue weighted by atomic mass is 19.1. The van der Waals surface area contributed by atoms with Crippen molar-refractivity contribution in [3.8, 4) is 0 Å². The first-order valence-electron chi connectivity index (χ1n) is 11.6. The van der Waals surface area contributed by atoms with Crippen LogP contribution in [0.1, 0.15) is 44.2 Å². The molecule has 2 N–H and O–H groups in total. The molecule has 1 amide bonds. The Labute approximate surface area is 193 Å². The van der Waals surface area contributed by atoms with Gasteiger partial charge in [0.25, 0.3) is 5.91 Å². The number of amides is 1. The lowest BCUT2D eigenvalue weighted by atomic mass is 9.93. The van der Waals surface area contributed by atoms with Crippen molar-refractivity contribution in [3.63, 3.8) is 0 Å². The van der Waals surface area contributed by atoms with E-state index in [1.54, 1.807) is 6.07 Å². The van der Waals surface area contributed by atoms with E-state index in [9.17, 15) is 9.18 Å². The van der Waals surface area contributed by atoms with E-state index in [4.69, 9.17) is 4.74 Å². The first-order valence-corrected chi connectivity index (χ1v) is 11.6. The molecule has 5 rings (SSSR count). The molecule has 3 aliphatic rings. The van der Waals surface area contributed by atoms with E-state index in [1.807, 2.05) is 38.3 Å². The highest BCUT2D eigenvalue weighted by molar-refractivity contribution is 6.32. The summed E-state index contributed by atoms with van der Waals surface area (Å²) in [6.45, 7) is 8.21. The molecule has 3 aliphatic heterocycles. The third kappa shape index (κ3) is 4.37. The number of aromatic nitrogens is 1. The summed E-state index contributed by atoms with van der Waals surface area (Å²) in [5.41, 5.74) is 2.80. The number of ether oxygens (including phenoxy) is 1. The number of hydrogen-bond acceptors (Lipinski definition) is 5. The van der Waals surface area contributed by atoms with Crippen LogP contribution in [0.4, 0.5) is 15.9 Å². The largest absolute Gasteiger partial charge is 0.482 e. The van der Waals surface area contributed by atoms with Crippen molar-refractivity contribution in [3.05, 3.63) is 65.3 Å². The fourth-order valence-corrected chi connectivity index (χ4v) is 4.79. The molecule has 0 aliphatic carbocycles. The van der Waals surface area contributed by atoms with E-state index in [1.165, 1.54) is 44.5 Å². The van der Waals surface area contributed by atoms with Crippen molar-refractivity contribution >= 4 is 28.6 Å². The van der Waals surface area contributed by atoms with Crippen molar-refractivity contribution in [1.29, 1.82) is 0 Å². The number of pyridine rings is 1. The summed E-state index contributed by atoms with van der Waals surface area (Å²) in [5.74, 6) is 0.657. The minimum absolute atomic E-state index is 0.287. The lowest BCUT2D eigenvalue weighted by Gasteiger charge is -2.26. The van der Waals surface area contributed by atoms with Crippen LogP contribution in [-0.4, -0.2) is 47.6 Å². The van der Waals surface area contributed by atoms with Gasteiger partial charge in [0, 0.05) is 36.0 Å². The summed E-state index contributed by atoms with van der Waals surface area (Å²) in [7, 11) is 0. The number of benzene rings is 1. The predicted octanol–water partition coefficient (Wildman–Crippen LogP) is 4.67. The van der Waals surface area contributed by atoms with Gasteiger partial charge in [-0.15, -0.1) is 0 Å². The number of hydrogen-bond donors (Lipinski definition) is 2. The molecule has 0 atom stereocenters. The molecule has 0 radical (unpaired) electrons. The number of halogens is 1. The molecule has 4 heterocycles. The van der Waals surface area contributed by atoms with Crippen molar-refractivity contribution in [1.82, 2.24) is 9.88 Å². The first kappa shape index (κ1) is 21.6. The van der Waals surface area contributed by atoms with Crippen LogP contribution in [0.2, 0.25) is 0 Å². The molecule has 7 heteroatoms. The highest BCUT2D eigenvalue weighted by Gasteiger charge is 2.38. The second-order valence-electron chi connectivity index (χ2n) is 9.31.